The molecule has 0 fully saturated rings. The van der Waals surface area contributed by atoms with Crippen molar-refractivity contribution < 1.29 is 18.0 Å². The Morgan fingerprint density at radius 1 is 1.25 bits per heavy atom. The molecule has 2 rings (SSSR count). The summed E-state index contributed by atoms with van der Waals surface area (Å²) in [5, 5.41) is 5.51. The van der Waals surface area contributed by atoms with E-state index < -0.39 is 24.3 Å². The Labute approximate surface area is 110 Å². The number of alkyl halides is 3. The van der Waals surface area contributed by atoms with Crippen LogP contribution in [0, 0.1) is 0 Å². The summed E-state index contributed by atoms with van der Waals surface area (Å²) in [4.78, 5) is 25.0. The molecule has 1 aromatic heterocycles. The van der Waals surface area contributed by atoms with E-state index in [1.165, 1.54) is 24.3 Å². The quantitative estimate of drug-likeness (QED) is 0.889. The molecule has 9 heteroatoms. The number of hydrogen-bond acceptors (Lipinski definition) is 3. The van der Waals surface area contributed by atoms with Crippen LogP contribution in [0.4, 0.5) is 18.9 Å². The van der Waals surface area contributed by atoms with Crippen LogP contribution >= 0.6 is 0 Å². The Morgan fingerprint density at radius 3 is 2.40 bits per heavy atom. The summed E-state index contributed by atoms with van der Waals surface area (Å²) in [5.74, 6) is -2.11. The van der Waals surface area contributed by atoms with Gasteiger partial charge in [0.15, 0.2) is 5.82 Å². The highest BCUT2D eigenvalue weighted by Crippen LogP contribution is 2.24. The van der Waals surface area contributed by atoms with E-state index in [1.807, 2.05) is 5.10 Å². The number of rotatable bonds is 3. The molecule has 0 saturated carbocycles. The number of para-hydroxylation sites is 1. The number of aromatic nitrogens is 3. The van der Waals surface area contributed by atoms with Crippen molar-refractivity contribution in [3.63, 3.8) is 0 Å². The molecular formula is C11H9F3N4O2. The van der Waals surface area contributed by atoms with Crippen LogP contribution in [0.2, 0.25) is 0 Å². The Balaban J connectivity index is 2.34. The molecule has 1 aromatic carbocycles. The van der Waals surface area contributed by atoms with E-state index in [0.717, 1.165) is 0 Å². The summed E-state index contributed by atoms with van der Waals surface area (Å²) in [7, 11) is 0. The first-order chi connectivity index (χ1) is 9.38. The fourth-order valence-electron chi connectivity index (χ4n) is 1.57. The summed E-state index contributed by atoms with van der Waals surface area (Å²) in [6.07, 6.45) is -5.02. The third-order valence-electron chi connectivity index (χ3n) is 2.41. The summed E-state index contributed by atoms with van der Waals surface area (Å²) in [6, 6.07) is 7.32. The molecular weight excluding hydrogens is 277 g/mol. The fourth-order valence-corrected chi connectivity index (χ4v) is 1.57. The first kappa shape index (κ1) is 13.8. The third kappa shape index (κ3) is 3.05. The van der Waals surface area contributed by atoms with Crippen molar-refractivity contribution >= 4 is 11.6 Å². The molecule has 2 N–H and O–H groups in total. The number of aromatic amines is 2. The fraction of sp³-hybridized carbons (Fsp3) is 0.182. The summed E-state index contributed by atoms with van der Waals surface area (Å²) in [5.41, 5.74) is -0.605. The van der Waals surface area contributed by atoms with E-state index in [2.05, 4.69) is 10.1 Å². The van der Waals surface area contributed by atoms with Gasteiger partial charge in [0.05, 0.1) is 6.54 Å². The number of nitrogens with zero attached hydrogens (tertiary/aromatic N) is 2. The zero-order valence-corrected chi connectivity index (χ0v) is 9.94. The highest BCUT2D eigenvalue weighted by molar-refractivity contribution is 5.97. The number of H-pyrrole nitrogens is 2. The maximum absolute atomic E-state index is 12.6. The monoisotopic (exact) mass is 286 g/mol. The standard InChI is InChI=1S/C11H9F3N4O2/c12-11(13,14)9(19)18(7-4-2-1-3-5-7)6-8-15-10(20)17-16-8/h1-5H,6H2,(H2,15,16,17,20). The molecule has 20 heavy (non-hydrogen) atoms. The highest BCUT2D eigenvalue weighted by Gasteiger charge is 2.43. The Bertz CT molecular complexity index is 647. The number of benzene rings is 1. The minimum absolute atomic E-state index is 0.0543. The van der Waals surface area contributed by atoms with Crippen LogP contribution in [0.3, 0.4) is 0 Å². The number of nitrogens with one attached hydrogen (secondary N) is 2. The number of amides is 1. The van der Waals surface area contributed by atoms with Crippen LogP contribution in [-0.2, 0) is 11.3 Å². The van der Waals surface area contributed by atoms with E-state index in [0.29, 0.717) is 4.90 Å². The first-order valence-corrected chi connectivity index (χ1v) is 5.45. The van der Waals surface area contributed by atoms with Gasteiger partial charge in [0.1, 0.15) is 0 Å². The zero-order chi connectivity index (χ0) is 14.8. The second-order valence-electron chi connectivity index (χ2n) is 3.85. The van der Waals surface area contributed by atoms with Crippen LogP contribution in [0.1, 0.15) is 5.82 Å². The third-order valence-corrected chi connectivity index (χ3v) is 2.41. The molecule has 0 bridgehead atoms. The molecule has 0 aliphatic carbocycles. The number of carbonyl (C=O) groups is 1. The predicted molar refractivity (Wildman–Crippen MR) is 62.9 cm³/mol. The second kappa shape index (κ2) is 5.19. The van der Waals surface area contributed by atoms with Crippen LogP contribution in [0.15, 0.2) is 35.1 Å². The van der Waals surface area contributed by atoms with Gasteiger partial charge in [-0.25, -0.2) is 9.89 Å². The molecule has 0 aliphatic rings. The van der Waals surface area contributed by atoms with Crippen LogP contribution in [-0.4, -0.2) is 27.3 Å². The number of anilines is 1. The molecule has 0 unspecified atom stereocenters. The summed E-state index contributed by atoms with van der Waals surface area (Å²) >= 11 is 0. The van der Waals surface area contributed by atoms with E-state index in [9.17, 15) is 22.8 Å². The van der Waals surface area contributed by atoms with Gasteiger partial charge in [-0.2, -0.15) is 18.3 Å². The van der Waals surface area contributed by atoms with Gasteiger partial charge in [-0.15, -0.1) is 0 Å². The Hall–Kier alpha value is -2.58. The smallest absolute Gasteiger partial charge is 0.297 e. The highest BCUT2D eigenvalue weighted by atomic mass is 19.4. The maximum atomic E-state index is 12.6. The Kier molecular flexibility index (Phi) is 3.59. The van der Waals surface area contributed by atoms with E-state index in [1.54, 1.807) is 6.07 Å². The van der Waals surface area contributed by atoms with Gasteiger partial charge in [-0.1, -0.05) is 18.2 Å². The van der Waals surface area contributed by atoms with Crippen LogP contribution in [0.5, 0.6) is 0 Å². The summed E-state index contributed by atoms with van der Waals surface area (Å²) in [6.45, 7) is -0.499. The lowest BCUT2D eigenvalue weighted by molar-refractivity contribution is -0.170. The average Bonchev–Trinajstić information content (AvgIpc) is 2.81. The molecule has 0 spiro atoms. The molecule has 0 aliphatic heterocycles. The van der Waals surface area contributed by atoms with Crippen LogP contribution in [0.25, 0.3) is 0 Å². The van der Waals surface area contributed by atoms with Gasteiger partial charge in [-0.05, 0) is 12.1 Å². The van der Waals surface area contributed by atoms with E-state index in [-0.39, 0.29) is 11.5 Å². The Morgan fingerprint density at radius 2 is 1.90 bits per heavy atom. The van der Waals surface area contributed by atoms with E-state index in [4.69, 9.17) is 0 Å². The first-order valence-electron chi connectivity index (χ1n) is 5.45. The van der Waals surface area contributed by atoms with Crippen molar-refractivity contribution in [2.75, 3.05) is 4.90 Å². The maximum Gasteiger partial charge on any atom is 0.471 e. The van der Waals surface area contributed by atoms with Crippen molar-refractivity contribution in [2.45, 2.75) is 12.7 Å². The molecule has 0 saturated heterocycles. The summed E-state index contributed by atoms with van der Waals surface area (Å²) < 4.78 is 37.8. The lowest BCUT2D eigenvalue weighted by Crippen LogP contribution is -2.41. The molecule has 1 heterocycles. The van der Waals surface area contributed by atoms with Gasteiger partial charge in [0.25, 0.3) is 0 Å². The van der Waals surface area contributed by atoms with Gasteiger partial charge < -0.3 is 0 Å². The van der Waals surface area contributed by atoms with Crippen LogP contribution < -0.4 is 10.6 Å². The molecule has 2 aromatic rings. The molecule has 106 valence electrons. The number of hydrogen-bond donors (Lipinski definition) is 2. The lowest BCUT2D eigenvalue weighted by Gasteiger charge is -2.22. The van der Waals surface area contributed by atoms with E-state index >= 15 is 0 Å². The van der Waals surface area contributed by atoms with Crippen molar-refractivity contribution in [2.24, 2.45) is 0 Å². The topological polar surface area (TPSA) is 81.8 Å². The van der Waals surface area contributed by atoms with Gasteiger partial charge in [-0.3, -0.25) is 14.7 Å². The minimum atomic E-state index is -5.02. The molecule has 0 radical (unpaired) electrons. The average molecular weight is 286 g/mol. The van der Waals surface area contributed by atoms with Gasteiger partial charge in [0, 0.05) is 5.69 Å². The normalized spacial score (nSPS) is 11.3. The number of carbonyl (C=O) groups excluding carboxylic acids is 1. The zero-order valence-electron chi connectivity index (χ0n) is 9.94. The van der Waals surface area contributed by atoms with Crippen molar-refractivity contribution in [3.8, 4) is 0 Å². The predicted octanol–water partition coefficient (Wildman–Crippen LogP) is 1.19. The molecule has 0 atom stereocenters. The second-order valence-corrected chi connectivity index (χ2v) is 3.85. The van der Waals surface area contributed by atoms with Gasteiger partial charge >= 0.3 is 17.8 Å². The van der Waals surface area contributed by atoms with Crippen molar-refractivity contribution in [3.05, 3.63) is 46.6 Å². The van der Waals surface area contributed by atoms with Gasteiger partial charge in [0.2, 0.25) is 0 Å². The lowest BCUT2D eigenvalue weighted by atomic mass is 10.2. The largest absolute Gasteiger partial charge is 0.471 e. The van der Waals surface area contributed by atoms with Crippen molar-refractivity contribution in [1.29, 1.82) is 0 Å². The number of halogens is 3. The SMILES string of the molecule is O=C(N(Cc1n[nH]c(=O)[nH]1)c1ccccc1)C(F)(F)F. The minimum Gasteiger partial charge on any atom is -0.297 e. The molecule has 6 nitrogen and oxygen atoms in total. The van der Waals surface area contributed by atoms with Crippen molar-refractivity contribution in [1.82, 2.24) is 15.2 Å². The molecule has 1 amide bonds.